The van der Waals surface area contributed by atoms with Crippen LogP contribution in [0.2, 0.25) is 10.0 Å². The Hall–Kier alpha value is -3.06. The van der Waals surface area contributed by atoms with Crippen molar-refractivity contribution in [3.05, 3.63) is 112 Å². The fourth-order valence-electron chi connectivity index (χ4n) is 3.64. The zero-order chi connectivity index (χ0) is 24.3. The average molecular weight is 513 g/mol. The summed E-state index contributed by atoms with van der Waals surface area (Å²) >= 11 is 12.5. The van der Waals surface area contributed by atoms with E-state index in [4.69, 9.17) is 23.2 Å². The number of carbonyl (C=O) groups is 1. The van der Waals surface area contributed by atoms with Gasteiger partial charge in [-0.15, -0.1) is 0 Å². The summed E-state index contributed by atoms with van der Waals surface area (Å²) in [4.78, 5) is 12.7. The highest BCUT2D eigenvalue weighted by Crippen LogP contribution is 2.29. The molecule has 0 fully saturated rings. The maximum Gasteiger partial charge on any atom is 0.251 e. The summed E-state index contributed by atoms with van der Waals surface area (Å²) in [7, 11) is -3.63. The Morgan fingerprint density at radius 1 is 0.853 bits per heavy atom. The van der Waals surface area contributed by atoms with E-state index >= 15 is 0 Å². The molecule has 0 aliphatic carbocycles. The first-order valence-electron chi connectivity index (χ1n) is 10.5. The number of sulfonamides is 1. The van der Waals surface area contributed by atoms with Crippen LogP contribution in [0.5, 0.6) is 0 Å². The van der Waals surface area contributed by atoms with Gasteiger partial charge in [0.05, 0.1) is 18.5 Å². The van der Waals surface area contributed by atoms with E-state index in [-0.39, 0.29) is 12.5 Å². The minimum absolute atomic E-state index is 0.0230. The van der Waals surface area contributed by atoms with E-state index in [1.165, 1.54) is 4.31 Å². The van der Waals surface area contributed by atoms with Gasteiger partial charge in [0, 0.05) is 27.7 Å². The van der Waals surface area contributed by atoms with Crippen molar-refractivity contribution in [2.24, 2.45) is 0 Å². The third-order valence-electron chi connectivity index (χ3n) is 5.45. The monoisotopic (exact) mass is 512 g/mol. The maximum absolute atomic E-state index is 12.7. The van der Waals surface area contributed by atoms with Crippen molar-refractivity contribution in [2.45, 2.75) is 13.1 Å². The number of benzene rings is 4. The molecule has 0 aromatic heterocycles. The molecule has 1 N–H and O–H groups in total. The van der Waals surface area contributed by atoms with E-state index in [2.05, 4.69) is 5.32 Å². The average Bonchev–Trinajstić information content (AvgIpc) is 2.81. The maximum atomic E-state index is 12.7. The number of rotatable bonds is 7. The highest BCUT2D eigenvalue weighted by Gasteiger charge is 2.21. The molecule has 0 unspecified atom stereocenters. The van der Waals surface area contributed by atoms with Crippen LogP contribution in [0.1, 0.15) is 21.5 Å². The number of anilines is 1. The molecule has 0 saturated carbocycles. The van der Waals surface area contributed by atoms with Gasteiger partial charge in [-0.1, -0.05) is 65.7 Å². The third-order valence-corrected chi connectivity index (χ3v) is 7.30. The lowest BCUT2D eigenvalue weighted by Gasteiger charge is -2.23. The summed E-state index contributed by atoms with van der Waals surface area (Å²) in [6.45, 7) is 0.358. The molecule has 0 aliphatic rings. The summed E-state index contributed by atoms with van der Waals surface area (Å²) in [5.41, 5.74) is 2.33. The molecular formula is C26H22Cl2N2O3S. The number of nitrogens with one attached hydrogen (secondary N) is 1. The largest absolute Gasteiger partial charge is 0.348 e. The molecule has 0 aliphatic heterocycles. The molecule has 4 aromatic carbocycles. The number of hydrogen-bond donors (Lipinski definition) is 1. The second-order valence-corrected chi connectivity index (χ2v) is 10.6. The molecule has 8 heteroatoms. The standard InChI is InChI=1S/C26H22Cl2N2O3S/c1-34(32,33)30(17-23-24(27)7-4-8-25(23)28)22-13-11-20(12-14-22)26(31)29-16-18-9-10-19-5-2-3-6-21(19)15-18/h2-15H,16-17H2,1H3,(H,29,31). The van der Waals surface area contributed by atoms with Crippen LogP contribution >= 0.6 is 23.2 Å². The van der Waals surface area contributed by atoms with Gasteiger partial charge in [-0.2, -0.15) is 0 Å². The first kappa shape index (κ1) is 24.1. The van der Waals surface area contributed by atoms with Crippen molar-refractivity contribution in [1.82, 2.24) is 5.32 Å². The minimum Gasteiger partial charge on any atom is -0.348 e. The van der Waals surface area contributed by atoms with Crippen LogP contribution in [-0.4, -0.2) is 20.6 Å². The highest BCUT2D eigenvalue weighted by atomic mass is 35.5. The van der Waals surface area contributed by atoms with Crippen molar-refractivity contribution < 1.29 is 13.2 Å². The van der Waals surface area contributed by atoms with Gasteiger partial charge in [0.15, 0.2) is 0 Å². The normalized spacial score (nSPS) is 11.4. The Morgan fingerprint density at radius 2 is 1.50 bits per heavy atom. The lowest BCUT2D eigenvalue weighted by molar-refractivity contribution is 0.0951. The number of amides is 1. The zero-order valence-electron chi connectivity index (χ0n) is 18.3. The first-order chi connectivity index (χ1) is 16.2. The first-order valence-corrected chi connectivity index (χ1v) is 13.1. The van der Waals surface area contributed by atoms with E-state index in [1.54, 1.807) is 42.5 Å². The summed E-state index contributed by atoms with van der Waals surface area (Å²) in [6, 6.07) is 25.5. The van der Waals surface area contributed by atoms with Crippen LogP contribution in [0.15, 0.2) is 84.9 Å². The van der Waals surface area contributed by atoms with Gasteiger partial charge < -0.3 is 5.32 Å². The fourth-order valence-corrected chi connectivity index (χ4v) is 5.02. The van der Waals surface area contributed by atoms with Gasteiger partial charge in [0.2, 0.25) is 10.0 Å². The number of fused-ring (bicyclic) bond motifs is 1. The molecule has 34 heavy (non-hydrogen) atoms. The lowest BCUT2D eigenvalue weighted by Crippen LogP contribution is -2.29. The Labute approximate surface area is 209 Å². The van der Waals surface area contributed by atoms with Gasteiger partial charge in [-0.05, 0) is 58.8 Å². The van der Waals surface area contributed by atoms with Crippen LogP contribution in [-0.2, 0) is 23.1 Å². The smallest absolute Gasteiger partial charge is 0.251 e. The molecule has 0 heterocycles. The van der Waals surface area contributed by atoms with Crippen molar-refractivity contribution in [3.8, 4) is 0 Å². The van der Waals surface area contributed by atoms with Crippen LogP contribution in [0.4, 0.5) is 5.69 Å². The summed E-state index contributed by atoms with van der Waals surface area (Å²) in [5, 5.41) is 5.92. The van der Waals surface area contributed by atoms with Gasteiger partial charge in [-0.3, -0.25) is 9.10 Å². The van der Waals surface area contributed by atoms with E-state index in [0.29, 0.717) is 33.4 Å². The van der Waals surface area contributed by atoms with Crippen molar-refractivity contribution >= 4 is 55.6 Å². The Morgan fingerprint density at radius 3 is 2.15 bits per heavy atom. The van der Waals surface area contributed by atoms with Gasteiger partial charge in [-0.25, -0.2) is 8.42 Å². The molecule has 4 aromatic rings. The number of nitrogens with zero attached hydrogens (tertiary/aromatic N) is 1. The van der Waals surface area contributed by atoms with Crippen LogP contribution in [0.3, 0.4) is 0 Å². The van der Waals surface area contributed by atoms with Crippen molar-refractivity contribution in [3.63, 3.8) is 0 Å². The fraction of sp³-hybridized carbons (Fsp3) is 0.115. The minimum atomic E-state index is -3.63. The highest BCUT2D eigenvalue weighted by molar-refractivity contribution is 7.92. The Kier molecular flexibility index (Phi) is 7.12. The van der Waals surface area contributed by atoms with Crippen molar-refractivity contribution in [2.75, 3.05) is 10.6 Å². The van der Waals surface area contributed by atoms with E-state index < -0.39 is 10.0 Å². The molecule has 0 bridgehead atoms. The molecule has 174 valence electrons. The number of halogens is 2. The number of hydrogen-bond acceptors (Lipinski definition) is 3. The van der Waals surface area contributed by atoms with E-state index in [9.17, 15) is 13.2 Å². The van der Waals surface area contributed by atoms with Crippen molar-refractivity contribution in [1.29, 1.82) is 0 Å². The Bertz CT molecular complexity index is 1430. The summed E-state index contributed by atoms with van der Waals surface area (Å²) in [5.74, 6) is -0.250. The molecule has 0 saturated heterocycles. The molecule has 0 atom stereocenters. The third kappa shape index (κ3) is 5.53. The molecule has 0 radical (unpaired) electrons. The second-order valence-electron chi connectivity index (χ2n) is 7.88. The molecular weight excluding hydrogens is 491 g/mol. The molecule has 0 spiro atoms. The summed E-state index contributed by atoms with van der Waals surface area (Å²) in [6.07, 6.45) is 1.11. The molecule has 4 rings (SSSR count). The quantitative estimate of drug-likeness (QED) is 0.328. The molecule has 5 nitrogen and oxygen atoms in total. The zero-order valence-corrected chi connectivity index (χ0v) is 20.7. The van der Waals surface area contributed by atoms with Gasteiger partial charge in [0.25, 0.3) is 5.91 Å². The van der Waals surface area contributed by atoms with Crippen LogP contribution in [0, 0.1) is 0 Å². The second kappa shape index (κ2) is 10.1. The summed E-state index contributed by atoms with van der Waals surface area (Å²) < 4.78 is 26.2. The van der Waals surface area contributed by atoms with Crippen LogP contribution < -0.4 is 9.62 Å². The van der Waals surface area contributed by atoms with E-state index in [1.807, 2.05) is 42.5 Å². The van der Waals surface area contributed by atoms with Gasteiger partial charge in [0.1, 0.15) is 0 Å². The molecule has 1 amide bonds. The topological polar surface area (TPSA) is 66.5 Å². The predicted octanol–water partition coefficient (Wildman–Crippen LogP) is 6.04. The van der Waals surface area contributed by atoms with Gasteiger partial charge >= 0.3 is 0 Å². The Balaban J connectivity index is 1.49. The van der Waals surface area contributed by atoms with Crippen LogP contribution in [0.25, 0.3) is 10.8 Å². The SMILES string of the molecule is CS(=O)(=O)N(Cc1c(Cl)cccc1Cl)c1ccc(C(=O)NCc2ccc3ccccc3c2)cc1. The number of carbonyl (C=O) groups excluding carboxylic acids is 1. The van der Waals surface area contributed by atoms with E-state index in [0.717, 1.165) is 22.6 Å². The predicted molar refractivity (Wildman–Crippen MR) is 139 cm³/mol. The lowest BCUT2D eigenvalue weighted by atomic mass is 10.1.